The third-order valence-electron chi connectivity index (χ3n) is 6.94. The molecule has 180 valence electrons. The number of hydrogen-bond acceptors (Lipinski definition) is 3. The monoisotopic (exact) mass is 529 g/mol. The summed E-state index contributed by atoms with van der Waals surface area (Å²) in [6, 6.07) is 13.7. The Kier molecular flexibility index (Phi) is 6.86. The van der Waals surface area contributed by atoms with Crippen molar-refractivity contribution in [1.82, 2.24) is 9.88 Å². The van der Waals surface area contributed by atoms with Crippen LogP contribution in [0.3, 0.4) is 0 Å². The maximum Gasteiger partial charge on any atom is 0.258 e. The molecule has 2 aliphatic rings. The Morgan fingerprint density at radius 1 is 1.03 bits per heavy atom. The minimum atomic E-state index is -0.328. The number of pyridine rings is 1. The zero-order chi connectivity index (χ0) is 24.6. The molecule has 1 amide bonds. The minimum Gasteiger partial charge on any atom is -0.307 e. The third-order valence-corrected chi connectivity index (χ3v) is 7.61. The Balaban J connectivity index is 1.31. The number of nitrogens with zero attached hydrogens (tertiary/aromatic N) is 3. The molecule has 35 heavy (non-hydrogen) atoms. The number of likely N-dealkylation sites (tertiary alicyclic amines) is 1. The van der Waals surface area contributed by atoms with Gasteiger partial charge in [0.05, 0.1) is 0 Å². The molecule has 0 aliphatic carbocycles. The van der Waals surface area contributed by atoms with Crippen molar-refractivity contribution < 1.29 is 9.18 Å². The van der Waals surface area contributed by atoms with Gasteiger partial charge in [-0.3, -0.25) is 9.69 Å². The fourth-order valence-corrected chi connectivity index (χ4v) is 5.58. The largest absolute Gasteiger partial charge is 0.307 e. The van der Waals surface area contributed by atoms with E-state index >= 15 is 0 Å². The number of carbonyl (C=O) groups excluding carboxylic acids is 1. The van der Waals surface area contributed by atoms with Gasteiger partial charge >= 0.3 is 0 Å². The van der Waals surface area contributed by atoms with Gasteiger partial charge < -0.3 is 4.90 Å². The number of aromatic nitrogens is 1. The van der Waals surface area contributed by atoms with Crippen LogP contribution in [0.4, 0.5) is 10.1 Å². The van der Waals surface area contributed by atoms with Crippen LogP contribution in [-0.4, -0.2) is 42.0 Å². The first-order chi connectivity index (χ1) is 16.8. The molecule has 4 nitrogen and oxygen atoms in total. The van der Waals surface area contributed by atoms with E-state index in [2.05, 4.69) is 9.88 Å². The van der Waals surface area contributed by atoms with Crippen LogP contribution in [-0.2, 0) is 5.41 Å². The highest BCUT2D eigenvalue weighted by molar-refractivity contribution is 6.31. The fraction of sp³-hybridized carbons (Fsp3) is 0.259. The van der Waals surface area contributed by atoms with E-state index in [1.807, 2.05) is 29.2 Å². The van der Waals surface area contributed by atoms with Crippen molar-refractivity contribution in [2.24, 2.45) is 0 Å². The summed E-state index contributed by atoms with van der Waals surface area (Å²) in [6.45, 7) is 3.05. The molecule has 3 aromatic rings. The van der Waals surface area contributed by atoms with Crippen LogP contribution in [0.25, 0.3) is 6.08 Å². The lowest BCUT2D eigenvalue weighted by molar-refractivity contribution is 0.0977. The van der Waals surface area contributed by atoms with Gasteiger partial charge in [-0.25, -0.2) is 9.37 Å². The summed E-state index contributed by atoms with van der Waals surface area (Å²) < 4.78 is 14.0. The molecule has 1 spiro atoms. The number of carbonyl (C=O) groups is 1. The Hall–Kier alpha value is -2.44. The molecule has 0 saturated carbocycles. The quantitative estimate of drug-likeness (QED) is 0.345. The van der Waals surface area contributed by atoms with Gasteiger partial charge in [-0.1, -0.05) is 53.0 Å². The van der Waals surface area contributed by atoms with E-state index in [0.717, 1.165) is 43.7 Å². The highest BCUT2D eigenvalue weighted by Gasteiger charge is 2.46. The number of amides is 1. The number of halogens is 4. The van der Waals surface area contributed by atoms with Crippen LogP contribution in [0, 0.1) is 5.82 Å². The summed E-state index contributed by atoms with van der Waals surface area (Å²) in [5.74, 6) is -0.420. The summed E-state index contributed by atoms with van der Waals surface area (Å²) in [4.78, 5) is 21.6. The Labute approximate surface area is 218 Å². The molecule has 3 heterocycles. The second-order valence-corrected chi connectivity index (χ2v) is 10.3. The van der Waals surface area contributed by atoms with Gasteiger partial charge in [0.25, 0.3) is 5.91 Å². The molecule has 2 aromatic carbocycles. The number of rotatable bonds is 4. The standard InChI is InChI=1S/C27H23Cl3FN3O/c28-20-5-6-24-22(15-20)27(17-34(24)26(35)19-7-10-32-25(30)14-19)8-12-33(13-9-27)11-1-2-18-3-4-21(29)16-23(18)31/h1-7,10,14-16H,8-9,11-13,17H2/b2-1+. The van der Waals surface area contributed by atoms with Gasteiger partial charge in [0.2, 0.25) is 0 Å². The predicted octanol–water partition coefficient (Wildman–Crippen LogP) is 6.89. The van der Waals surface area contributed by atoms with Crippen molar-refractivity contribution in [3.05, 3.63) is 98.5 Å². The molecule has 1 fully saturated rings. The van der Waals surface area contributed by atoms with E-state index < -0.39 is 0 Å². The van der Waals surface area contributed by atoms with Crippen LogP contribution in [0.2, 0.25) is 15.2 Å². The Morgan fingerprint density at radius 2 is 1.77 bits per heavy atom. The van der Waals surface area contributed by atoms with Gasteiger partial charge in [0, 0.05) is 51.6 Å². The molecule has 2 aliphatic heterocycles. The smallest absolute Gasteiger partial charge is 0.258 e. The van der Waals surface area contributed by atoms with Crippen LogP contribution < -0.4 is 4.90 Å². The first-order valence-corrected chi connectivity index (χ1v) is 12.6. The maximum atomic E-state index is 14.0. The zero-order valence-electron chi connectivity index (χ0n) is 18.9. The first kappa shape index (κ1) is 24.3. The van der Waals surface area contributed by atoms with Crippen molar-refractivity contribution in [3.63, 3.8) is 0 Å². The van der Waals surface area contributed by atoms with E-state index in [1.54, 1.807) is 36.5 Å². The lowest BCUT2D eigenvalue weighted by Gasteiger charge is -2.39. The predicted molar refractivity (Wildman–Crippen MR) is 140 cm³/mol. The van der Waals surface area contributed by atoms with Gasteiger partial charge in [-0.15, -0.1) is 0 Å². The van der Waals surface area contributed by atoms with Gasteiger partial charge in [-0.2, -0.15) is 0 Å². The van der Waals surface area contributed by atoms with E-state index in [1.165, 1.54) is 6.07 Å². The average Bonchev–Trinajstić information content (AvgIpc) is 3.14. The SMILES string of the molecule is O=C(c1ccnc(Cl)c1)N1CC2(CCN(C/C=C/c3ccc(Cl)cc3F)CC2)c2cc(Cl)ccc21. The van der Waals surface area contributed by atoms with Crippen molar-refractivity contribution in [3.8, 4) is 0 Å². The second kappa shape index (κ2) is 9.90. The lowest BCUT2D eigenvalue weighted by Crippen LogP contribution is -2.46. The average molecular weight is 531 g/mol. The van der Waals surface area contributed by atoms with E-state index in [0.29, 0.717) is 32.9 Å². The summed E-state index contributed by atoms with van der Waals surface area (Å²) in [6.07, 6.45) is 7.11. The number of hydrogen-bond donors (Lipinski definition) is 0. The van der Waals surface area contributed by atoms with Crippen molar-refractivity contribution in [1.29, 1.82) is 0 Å². The lowest BCUT2D eigenvalue weighted by atomic mass is 9.74. The normalized spacial score (nSPS) is 17.3. The van der Waals surface area contributed by atoms with E-state index in [4.69, 9.17) is 34.8 Å². The van der Waals surface area contributed by atoms with Crippen LogP contribution in [0.1, 0.15) is 34.3 Å². The molecule has 1 saturated heterocycles. The van der Waals surface area contributed by atoms with E-state index in [-0.39, 0.29) is 17.1 Å². The molecule has 0 atom stereocenters. The van der Waals surface area contributed by atoms with Gasteiger partial charge in [-0.05, 0) is 74.0 Å². The van der Waals surface area contributed by atoms with Gasteiger partial charge in [0.15, 0.2) is 0 Å². The second-order valence-electron chi connectivity index (χ2n) is 9.07. The highest BCUT2D eigenvalue weighted by atomic mass is 35.5. The van der Waals surface area contributed by atoms with Crippen LogP contribution >= 0.6 is 34.8 Å². The van der Waals surface area contributed by atoms with E-state index in [9.17, 15) is 9.18 Å². The molecular weight excluding hydrogens is 508 g/mol. The third kappa shape index (κ3) is 4.96. The first-order valence-electron chi connectivity index (χ1n) is 11.4. The zero-order valence-corrected chi connectivity index (χ0v) is 21.1. The fourth-order valence-electron chi connectivity index (χ4n) is 5.07. The minimum absolute atomic E-state index is 0.0925. The molecule has 0 radical (unpaired) electrons. The molecule has 0 unspecified atom stereocenters. The molecule has 0 N–H and O–H groups in total. The summed E-state index contributed by atoms with van der Waals surface area (Å²) in [5.41, 5.74) is 2.90. The molecule has 0 bridgehead atoms. The summed E-state index contributed by atoms with van der Waals surface area (Å²) >= 11 is 18.3. The number of benzene rings is 2. The topological polar surface area (TPSA) is 36.4 Å². The maximum absolute atomic E-state index is 14.0. The number of fused-ring (bicyclic) bond motifs is 2. The summed E-state index contributed by atoms with van der Waals surface area (Å²) in [7, 11) is 0. The Bertz CT molecular complexity index is 1300. The summed E-state index contributed by atoms with van der Waals surface area (Å²) in [5, 5.41) is 1.35. The van der Waals surface area contributed by atoms with Crippen LogP contribution in [0.15, 0.2) is 60.8 Å². The molecule has 5 rings (SSSR count). The van der Waals surface area contributed by atoms with Crippen LogP contribution in [0.5, 0.6) is 0 Å². The Morgan fingerprint density at radius 3 is 2.51 bits per heavy atom. The molecule has 1 aromatic heterocycles. The molecule has 8 heteroatoms. The number of piperidine rings is 1. The van der Waals surface area contributed by atoms with Crippen molar-refractivity contribution in [2.45, 2.75) is 18.3 Å². The number of anilines is 1. The van der Waals surface area contributed by atoms with Gasteiger partial charge in [0.1, 0.15) is 11.0 Å². The highest BCUT2D eigenvalue weighted by Crippen LogP contribution is 2.48. The molecular formula is C27H23Cl3FN3O. The van der Waals surface area contributed by atoms with Crippen molar-refractivity contribution in [2.75, 3.05) is 31.1 Å². The van der Waals surface area contributed by atoms with Crippen molar-refractivity contribution >= 4 is 52.5 Å².